The molecule has 1 aliphatic rings. The number of nitrogens with zero attached hydrogens (tertiary/aromatic N) is 1. The quantitative estimate of drug-likeness (QED) is 0.650. The number of rotatable bonds is 4. The fourth-order valence-corrected chi connectivity index (χ4v) is 3.67. The Hall–Kier alpha value is -3.12. The third-order valence-electron chi connectivity index (χ3n) is 5.28. The number of quaternary nitrogens is 1. The van der Waals surface area contributed by atoms with Crippen molar-refractivity contribution in [2.45, 2.75) is 26.1 Å². The Kier molecular flexibility index (Phi) is 4.64. The van der Waals surface area contributed by atoms with Gasteiger partial charge in [-0.25, -0.2) is 4.79 Å². The molecule has 138 valence electrons. The molecule has 0 amide bonds. The topological polar surface area (TPSA) is 71.3 Å². The zero-order valence-corrected chi connectivity index (χ0v) is 15.2. The highest BCUT2D eigenvalue weighted by atomic mass is 16.2. The molecule has 0 saturated carbocycles. The van der Waals surface area contributed by atoms with Crippen LogP contribution in [0, 0.1) is 0 Å². The summed E-state index contributed by atoms with van der Waals surface area (Å²) in [6.07, 6.45) is 0. The number of hydrogen-bond donors (Lipinski definition) is 3. The highest BCUT2D eigenvalue weighted by Crippen LogP contribution is 2.15. The van der Waals surface area contributed by atoms with Crippen LogP contribution in [-0.4, -0.2) is 16.2 Å². The van der Waals surface area contributed by atoms with Gasteiger partial charge in [0.05, 0.1) is 6.54 Å². The van der Waals surface area contributed by atoms with Crippen molar-refractivity contribution in [1.29, 1.82) is 0 Å². The monoisotopic (exact) mass is 363 g/mol. The van der Waals surface area contributed by atoms with E-state index in [9.17, 15) is 9.59 Å². The van der Waals surface area contributed by atoms with E-state index in [1.807, 2.05) is 48.5 Å². The van der Waals surface area contributed by atoms with Gasteiger partial charge < -0.3 is 10.2 Å². The number of aromatic nitrogens is 2. The SMILES string of the molecule is C[C@H](c1ccccc1)[NH+]1CNc2c(c(=O)[nH]c(=O)n2Cc2ccccc2)C1. The maximum Gasteiger partial charge on any atom is 0.330 e. The second-order valence-corrected chi connectivity index (χ2v) is 6.98. The van der Waals surface area contributed by atoms with E-state index in [4.69, 9.17) is 0 Å². The van der Waals surface area contributed by atoms with Crippen LogP contribution in [0.2, 0.25) is 0 Å². The van der Waals surface area contributed by atoms with Gasteiger partial charge in [0.2, 0.25) is 0 Å². The van der Waals surface area contributed by atoms with Crippen LogP contribution in [0.15, 0.2) is 70.3 Å². The number of nitrogens with one attached hydrogen (secondary N) is 3. The molecule has 0 radical (unpaired) electrons. The Balaban J connectivity index is 1.67. The van der Waals surface area contributed by atoms with Crippen LogP contribution in [0.1, 0.15) is 29.7 Å². The van der Waals surface area contributed by atoms with Gasteiger partial charge >= 0.3 is 5.69 Å². The van der Waals surface area contributed by atoms with Gasteiger partial charge in [0.1, 0.15) is 24.0 Å². The van der Waals surface area contributed by atoms with Crippen LogP contribution in [-0.2, 0) is 13.1 Å². The first kappa shape index (κ1) is 17.3. The third-order valence-corrected chi connectivity index (χ3v) is 5.28. The zero-order valence-electron chi connectivity index (χ0n) is 15.2. The largest absolute Gasteiger partial charge is 0.330 e. The molecule has 6 heteroatoms. The molecular formula is C21H23N4O2+. The number of anilines is 1. The molecule has 27 heavy (non-hydrogen) atoms. The summed E-state index contributed by atoms with van der Waals surface area (Å²) in [5.74, 6) is 0.636. The summed E-state index contributed by atoms with van der Waals surface area (Å²) in [7, 11) is 0. The minimum absolute atomic E-state index is 0.237. The second kappa shape index (κ2) is 7.25. The van der Waals surface area contributed by atoms with Crippen LogP contribution in [0.3, 0.4) is 0 Å². The fourth-order valence-electron chi connectivity index (χ4n) is 3.67. The molecule has 0 bridgehead atoms. The van der Waals surface area contributed by atoms with Gasteiger partial charge in [0.15, 0.2) is 6.67 Å². The summed E-state index contributed by atoms with van der Waals surface area (Å²) in [4.78, 5) is 28.6. The van der Waals surface area contributed by atoms with Gasteiger partial charge in [-0.15, -0.1) is 0 Å². The third kappa shape index (κ3) is 3.44. The standard InChI is InChI=1S/C21H22N4O2/c1-15(17-10-6-3-7-11-17)24-13-18-19(22-14-24)25(21(27)23-20(18)26)12-16-8-4-2-5-9-16/h2-11,15,22H,12-14H2,1H3,(H,23,26,27)/p+1/t15-/m1/s1. The van der Waals surface area contributed by atoms with Gasteiger partial charge in [0.25, 0.3) is 5.56 Å². The normalized spacial score (nSPS) is 17.0. The molecule has 6 nitrogen and oxygen atoms in total. The van der Waals surface area contributed by atoms with E-state index in [1.54, 1.807) is 4.57 Å². The molecule has 1 aromatic heterocycles. The molecule has 1 aliphatic heterocycles. The van der Waals surface area contributed by atoms with Crippen molar-refractivity contribution in [2.75, 3.05) is 12.0 Å². The Bertz CT molecular complexity index is 1040. The van der Waals surface area contributed by atoms with Crippen molar-refractivity contribution in [1.82, 2.24) is 9.55 Å². The maximum atomic E-state index is 12.5. The van der Waals surface area contributed by atoms with E-state index in [2.05, 4.69) is 29.4 Å². The number of H-pyrrole nitrogens is 1. The first-order valence-electron chi connectivity index (χ1n) is 9.17. The van der Waals surface area contributed by atoms with Crippen molar-refractivity contribution < 1.29 is 4.90 Å². The van der Waals surface area contributed by atoms with Crippen molar-refractivity contribution in [3.8, 4) is 0 Å². The Morgan fingerprint density at radius 2 is 1.70 bits per heavy atom. The maximum absolute atomic E-state index is 12.5. The number of benzene rings is 2. The molecule has 2 heterocycles. The highest BCUT2D eigenvalue weighted by molar-refractivity contribution is 5.44. The van der Waals surface area contributed by atoms with Gasteiger partial charge in [-0.05, 0) is 12.5 Å². The van der Waals surface area contributed by atoms with Crippen molar-refractivity contribution >= 4 is 5.82 Å². The molecule has 2 atom stereocenters. The molecule has 0 saturated heterocycles. The van der Waals surface area contributed by atoms with Gasteiger partial charge in [-0.2, -0.15) is 0 Å². The lowest BCUT2D eigenvalue weighted by molar-refractivity contribution is -0.941. The highest BCUT2D eigenvalue weighted by Gasteiger charge is 2.29. The molecule has 0 aliphatic carbocycles. The molecule has 0 spiro atoms. The van der Waals surface area contributed by atoms with Crippen LogP contribution in [0.25, 0.3) is 0 Å². The summed E-state index contributed by atoms with van der Waals surface area (Å²) in [6.45, 7) is 3.81. The lowest BCUT2D eigenvalue weighted by Gasteiger charge is -2.32. The van der Waals surface area contributed by atoms with Crippen LogP contribution in [0.4, 0.5) is 5.82 Å². The van der Waals surface area contributed by atoms with Gasteiger partial charge in [-0.1, -0.05) is 60.7 Å². The predicted octanol–water partition coefficient (Wildman–Crippen LogP) is 1.11. The number of aromatic amines is 1. The first-order valence-corrected chi connectivity index (χ1v) is 9.17. The average Bonchev–Trinajstić information content (AvgIpc) is 2.71. The van der Waals surface area contributed by atoms with E-state index in [-0.39, 0.29) is 17.3 Å². The summed E-state index contributed by atoms with van der Waals surface area (Å²) in [5.41, 5.74) is 2.20. The van der Waals surface area contributed by atoms with E-state index in [0.717, 1.165) is 5.56 Å². The number of hydrogen-bond acceptors (Lipinski definition) is 3. The lowest BCUT2D eigenvalue weighted by atomic mass is 10.1. The molecule has 4 rings (SSSR count). The van der Waals surface area contributed by atoms with E-state index < -0.39 is 0 Å². The smallest absolute Gasteiger partial charge is 0.324 e. The van der Waals surface area contributed by atoms with Gasteiger partial charge in [-0.3, -0.25) is 14.3 Å². The average molecular weight is 363 g/mol. The summed E-state index contributed by atoms with van der Waals surface area (Å²) >= 11 is 0. The van der Waals surface area contributed by atoms with Crippen molar-refractivity contribution in [2.24, 2.45) is 0 Å². The summed E-state index contributed by atoms with van der Waals surface area (Å²) in [5, 5.41) is 3.34. The Morgan fingerprint density at radius 1 is 1.04 bits per heavy atom. The first-order chi connectivity index (χ1) is 13.1. The summed E-state index contributed by atoms with van der Waals surface area (Å²) in [6, 6.07) is 20.3. The molecular weight excluding hydrogens is 340 g/mol. The van der Waals surface area contributed by atoms with E-state index in [1.165, 1.54) is 10.5 Å². The number of fused-ring (bicyclic) bond motifs is 1. The lowest BCUT2D eigenvalue weighted by Crippen LogP contribution is -3.12. The molecule has 3 aromatic rings. The molecule has 3 N–H and O–H groups in total. The van der Waals surface area contributed by atoms with Crippen LogP contribution in [0.5, 0.6) is 0 Å². The van der Waals surface area contributed by atoms with Gasteiger partial charge in [0, 0.05) is 5.56 Å². The van der Waals surface area contributed by atoms with Crippen LogP contribution >= 0.6 is 0 Å². The predicted molar refractivity (Wildman–Crippen MR) is 105 cm³/mol. The molecule has 2 aromatic carbocycles. The Labute approximate surface area is 157 Å². The minimum Gasteiger partial charge on any atom is -0.324 e. The van der Waals surface area contributed by atoms with E-state index in [0.29, 0.717) is 31.1 Å². The fraction of sp³-hybridized carbons (Fsp3) is 0.238. The van der Waals surface area contributed by atoms with Crippen molar-refractivity contribution in [3.63, 3.8) is 0 Å². The van der Waals surface area contributed by atoms with Crippen molar-refractivity contribution in [3.05, 3.63) is 98.2 Å². The van der Waals surface area contributed by atoms with E-state index >= 15 is 0 Å². The summed E-state index contributed by atoms with van der Waals surface area (Å²) < 4.78 is 1.62. The zero-order chi connectivity index (χ0) is 18.8. The minimum atomic E-state index is -0.380. The molecule has 0 fully saturated rings. The Morgan fingerprint density at radius 3 is 2.41 bits per heavy atom. The molecule has 1 unspecified atom stereocenters. The van der Waals surface area contributed by atoms with Crippen LogP contribution < -0.4 is 21.5 Å². The second-order valence-electron chi connectivity index (χ2n) is 6.98.